The quantitative estimate of drug-likeness (QED) is 0.163. The number of allylic oxidation sites excluding steroid dienone is 4. The lowest BCUT2D eigenvalue weighted by Gasteiger charge is -2.37. The number of benzene rings is 6. The van der Waals surface area contributed by atoms with Crippen molar-refractivity contribution >= 4 is 38.9 Å². The van der Waals surface area contributed by atoms with Gasteiger partial charge in [-0.05, 0) is 99.0 Å². The third kappa shape index (κ3) is 5.56. The van der Waals surface area contributed by atoms with Crippen LogP contribution in [0.1, 0.15) is 97.2 Å². The van der Waals surface area contributed by atoms with Crippen LogP contribution in [0.15, 0.2) is 176 Å². The molecular formula is C55H49NS. The second-order valence-corrected chi connectivity index (χ2v) is 18.6. The SMILES string of the molecule is CC1CC=Cc2sc3c4c(cc(N(C5=CCC(C)(c6ccccc6)C=C5)c5ccc(C(C)(C)C)cc5)c3c21)C(c1ccccc1)(c1ccccc1)c1ccccc1-4. The molecule has 0 N–H and O–H groups in total. The molecule has 0 saturated heterocycles. The van der Waals surface area contributed by atoms with Gasteiger partial charge in [-0.25, -0.2) is 0 Å². The summed E-state index contributed by atoms with van der Waals surface area (Å²) in [4.78, 5) is 3.98. The van der Waals surface area contributed by atoms with E-state index in [4.69, 9.17) is 0 Å². The normalized spacial score (nSPS) is 19.2. The Hall–Kier alpha value is -5.70. The summed E-state index contributed by atoms with van der Waals surface area (Å²) in [6, 6.07) is 54.7. The molecule has 0 fully saturated rings. The number of hydrogen-bond donors (Lipinski definition) is 0. The van der Waals surface area contributed by atoms with Crippen molar-refractivity contribution < 1.29 is 0 Å². The lowest BCUT2D eigenvalue weighted by atomic mass is 9.67. The van der Waals surface area contributed by atoms with Gasteiger partial charge in [-0.3, -0.25) is 0 Å². The molecule has 0 bridgehead atoms. The number of hydrogen-bond acceptors (Lipinski definition) is 2. The molecular weight excluding hydrogens is 707 g/mol. The Morgan fingerprint density at radius 3 is 1.91 bits per heavy atom. The number of nitrogens with zero attached hydrogens (tertiary/aromatic N) is 1. The highest BCUT2D eigenvalue weighted by Gasteiger charge is 2.48. The van der Waals surface area contributed by atoms with Crippen molar-refractivity contribution in [2.45, 2.75) is 69.6 Å². The average molecular weight is 756 g/mol. The second kappa shape index (κ2) is 13.5. The number of fused-ring (bicyclic) bond motifs is 7. The minimum Gasteiger partial charge on any atom is -0.310 e. The lowest BCUT2D eigenvalue weighted by Crippen LogP contribution is -2.29. The number of thiophene rings is 1. The Balaban J connectivity index is 1.31. The van der Waals surface area contributed by atoms with Crippen molar-refractivity contribution in [2.24, 2.45) is 0 Å². The first kappa shape index (κ1) is 35.7. The fourth-order valence-corrected chi connectivity index (χ4v) is 11.4. The van der Waals surface area contributed by atoms with Gasteiger partial charge in [0.15, 0.2) is 0 Å². The summed E-state index contributed by atoms with van der Waals surface area (Å²) in [7, 11) is 0. The van der Waals surface area contributed by atoms with E-state index in [0.29, 0.717) is 5.92 Å². The summed E-state index contributed by atoms with van der Waals surface area (Å²) in [6.45, 7) is 11.7. The highest BCUT2D eigenvalue weighted by molar-refractivity contribution is 7.20. The van der Waals surface area contributed by atoms with Gasteiger partial charge in [0.2, 0.25) is 0 Å². The molecule has 0 radical (unpaired) electrons. The van der Waals surface area contributed by atoms with Gasteiger partial charge in [-0.15, -0.1) is 11.3 Å². The third-order valence-corrected chi connectivity index (χ3v) is 14.1. The molecule has 1 heterocycles. The van der Waals surface area contributed by atoms with Crippen molar-refractivity contribution in [3.8, 4) is 11.1 Å². The second-order valence-electron chi connectivity index (χ2n) is 17.6. The first-order valence-electron chi connectivity index (χ1n) is 20.6. The molecule has 3 aliphatic carbocycles. The summed E-state index contributed by atoms with van der Waals surface area (Å²) >= 11 is 1.99. The molecule has 10 rings (SSSR count). The van der Waals surface area contributed by atoms with Crippen LogP contribution in [0.4, 0.5) is 11.4 Å². The van der Waals surface area contributed by atoms with Crippen LogP contribution in [0.2, 0.25) is 0 Å². The lowest BCUT2D eigenvalue weighted by molar-refractivity contribution is 0.590. The molecule has 1 aromatic heterocycles. The minimum atomic E-state index is -0.506. The van der Waals surface area contributed by atoms with Gasteiger partial charge in [-0.2, -0.15) is 0 Å². The summed E-state index contributed by atoms with van der Waals surface area (Å²) in [5.41, 5.74) is 15.3. The molecule has 57 heavy (non-hydrogen) atoms. The molecule has 2 unspecified atom stereocenters. The van der Waals surface area contributed by atoms with Gasteiger partial charge in [-0.1, -0.05) is 180 Å². The first-order valence-corrected chi connectivity index (χ1v) is 21.4. The smallest absolute Gasteiger partial charge is 0.0714 e. The van der Waals surface area contributed by atoms with Crippen LogP contribution in [-0.2, 0) is 16.2 Å². The first-order chi connectivity index (χ1) is 27.7. The van der Waals surface area contributed by atoms with E-state index >= 15 is 0 Å². The fraction of sp³-hybridized carbons (Fsp3) is 0.200. The third-order valence-electron chi connectivity index (χ3n) is 13.0. The Morgan fingerprint density at radius 2 is 1.30 bits per heavy atom. The maximum atomic E-state index is 2.60. The molecule has 1 nitrogen and oxygen atoms in total. The monoisotopic (exact) mass is 755 g/mol. The number of rotatable bonds is 6. The van der Waals surface area contributed by atoms with E-state index in [1.165, 1.54) is 82.1 Å². The summed E-state index contributed by atoms with van der Waals surface area (Å²) < 4.78 is 1.39. The summed E-state index contributed by atoms with van der Waals surface area (Å²) in [5, 5.41) is 1.39. The van der Waals surface area contributed by atoms with E-state index in [9.17, 15) is 0 Å². The molecule has 0 aliphatic heterocycles. The fourth-order valence-electron chi connectivity index (χ4n) is 9.94. The van der Waals surface area contributed by atoms with Crippen LogP contribution in [0.3, 0.4) is 0 Å². The average Bonchev–Trinajstić information content (AvgIpc) is 3.78. The van der Waals surface area contributed by atoms with Crippen molar-refractivity contribution in [3.05, 3.63) is 219 Å². The van der Waals surface area contributed by atoms with Crippen LogP contribution in [0.25, 0.3) is 27.3 Å². The maximum absolute atomic E-state index is 2.60. The standard InChI is InChI=1S/C55H49NS/c1-37-18-17-27-48-49(37)51-47(56(42-30-28-38(29-31-42)53(2,3)4)43-32-34-54(5,35-33-43)39-19-9-6-10-20-39)36-46-50(52(51)57-48)44-25-15-16-26-45(44)55(46,40-21-11-7-12-22-40)41-23-13-8-14-24-41/h6-17,19-34,36-37H,18,35H2,1-5H3. The predicted molar refractivity (Wildman–Crippen MR) is 244 cm³/mol. The zero-order valence-electron chi connectivity index (χ0n) is 33.6. The van der Waals surface area contributed by atoms with Gasteiger partial charge in [0.05, 0.1) is 11.1 Å². The van der Waals surface area contributed by atoms with E-state index < -0.39 is 5.41 Å². The maximum Gasteiger partial charge on any atom is 0.0714 e. The summed E-state index contributed by atoms with van der Waals surface area (Å²) in [5.74, 6) is 0.405. The molecule has 3 aliphatic rings. The Bertz CT molecular complexity index is 2680. The van der Waals surface area contributed by atoms with Crippen molar-refractivity contribution in [1.82, 2.24) is 0 Å². The van der Waals surface area contributed by atoms with Crippen molar-refractivity contribution in [3.63, 3.8) is 0 Å². The molecule has 7 aromatic rings. The largest absolute Gasteiger partial charge is 0.310 e. The molecule has 0 amide bonds. The summed E-state index contributed by atoms with van der Waals surface area (Å²) in [6.07, 6.45) is 14.1. The molecule has 280 valence electrons. The Morgan fingerprint density at radius 1 is 0.684 bits per heavy atom. The van der Waals surface area contributed by atoms with E-state index in [1.807, 2.05) is 11.3 Å². The van der Waals surface area contributed by atoms with Gasteiger partial charge in [0.25, 0.3) is 0 Å². The van der Waals surface area contributed by atoms with Crippen LogP contribution >= 0.6 is 11.3 Å². The molecule has 6 aromatic carbocycles. The van der Waals surface area contributed by atoms with Crippen LogP contribution in [-0.4, -0.2) is 0 Å². The Kier molecular flexibility index (Phi) is 8.43. The van der Waals surface area contributed by atoms with Crippen molar-refractivity contribution in [1.29, 1.82) is 0 Å². The highest BCUT2D eigenvalue weighted by atomic mass is 32.1. The van der Waals surface area contributed by atoms with E-state index in [2.05, 4.69) is 215 Å². The van der Waals surface area contributed by atoms with Gasteiger partial charge < -0.3 is 4.90 Å². The molecule has 0 spiro atoms. The van der Waals surface area contributed by atoms with Crippen molar-refractivity contribution in [2.75, 3.05) is 4.90 Å². The zero-order valence-corrected chi connectivity index (χ0v) is 34.4. The van der Waals surface area contributed by atoms with Gasteiger partial charge in [0.1, 0.15) is 0 Å². The van der Waals surface area contributed by atoms with Crippen LogP contribution in [0, 0.1) is 0 Å². The Labute approximate surface area is 342 Å². The molecule has 2 atom stereocenters. The highest BCUT2D eigenvalue weighted by Crippen LogP contribution is 2.62. The molecule has 0 saturated carbocycles. The van der Waals surface area contributed by atoms with Crippen LogP contribution in [0.5, 0.6) is 0 Å². The van der Waals surface area contributed by atoms with Gasteiger partial charge in [0, 0.05) is 37.3 Å². The van der Waals surface area contributed by atoms with E-state index in [-0.39, 0.29) is 10.8 Å². The van der Waals surface area contributed by atoms with E-state index in [1.54, 1.807) is 0 Å². The minimum absolute atomic E-state index is 0.0522. The molecule has 2 heteroatoms. The predicted octanol–water partition coefficient (Wildman–Crippen LogP) is 15.0. The van der Waals surface area contributed by atoms with Gasteiger partial charge >= 0.3 is 0 Å². The van der Waals surface area contributed by atoms with E-state index in [0.717, 1.165) is 12.8 Å². The van der Waals surface area contributed by atoms with Crippen LogP contribution < -0.4 is 4.90 Å². The number of anilines is 2. The zero-order chi connectivity index (χ0) is 38.9. The topological polar surface area (TPSA) is 3.24 Å².